The summed E-state index contributed by atoms with van der Waals surface area (Å²) in [5, 5.41) is 8.64. The maximum absolute atomic E-state index is 5.86. The van der Waals surface area contributed by atoms with Crippen molar-refractivity contribution in [1.29, 1.82) is 0 Å². The van der Waals surface area contributed by atoms with Crippen molar-refractivity contribution in [3.63, 3.8) is 0 Å². The van der Waals surface area contributed by atoms with Crippen LogP contribution in [-0.4, -0.2) is 21.7 Å². The van der Waals surface area contributed by atoms with Crippen LogP contribution >= 0.6 is 24.2 Å². The molecule has 4 rings (SSSR count). The van der Waals surface area contributed by atoms with Gasteiger partial charge >= 0.3 is 0 Å². The van der Waals surface area contributed by atoms with Gasteiger partial charge < -0.3 is 10.5 Å². The second-order valence-corrected chi connectivity index (χ2v) is 6.85. The number of benzene rings is 2. The Labute approximate surface area is 168 Å². The molecule has 0 unspecified atom stereocenters. The molecule has 138 valence electrons. The van der Waals surface area contributed by atoms with Crippen molar-refractivity contribution in [3.8, 4) is 17.1 Å². The molecule has 0 amide bonds. The Bertz CT molecular complexity index is 1070. The van der Waals surface area contributed by atoms with Crippen LogP contribution in [0.5, 0.6) is 5.75 Å². The van der Waals surface area contributed by atoms with Gasteiger partial charge in [-0.3, -0.25) is 4.40 Å². The van der Waals surface area contributed by atoms with E-state index in [-0.39, 0.29) is 12.4 Å². The van der Waals surface area contributed by atoms with E-state index in [1.807, 2.05) is 52.9 Å². The number of fused-ring (bicyclic) bond motifs is 1. The summed E-state index contributed by atoms with van der Waals surface area (Å²) in [6, 6.07) is 20.0. The van der Waals surface area contributed by atoms with Crippen LogP contribution in [0.25, 0.3) is 17.0 Å². The largest absolute Gasteiger partial charge is 0.496 e. The first-order valence-corrected chi connectivity index (χ1v) is 9.06. The van der Waals surface area contributed by atoms with E-state index in [1.165, 1.54) is 0 Å². The third kappa shape index (κ3) is 3.78. The molecule has 0 fully saturated rings. The minimum Gasteiger partial charge on any atom is -0.496 e. The van der Waals surface area contributed by atoms with Crippen LogP contribution in [0.3, 0.4) is 0 Å². The molecule has 7 heteroatoms. The van der Waals surface area contributed by atoms with Crippen LogP contribution in [0.15, 0.2) is 76.7 Å². The monoisotopic (exact) mass is 398 g/mol. The number of halogens is 1. The summed E-state index contributed by atoms with van der Waals surface area (Å²) in [4.78, 5) is 2.25. The van der Waals surface area contributed by atoms with E-state index in [0.717, 1.165) is 38.1 Å². The van der Waals surface area contributed by atoms with Gasteiger partial charge in [0.1, 0.15) is 5.75 Å². The molecule has 0 saturated heterocycles. The Hall–Kier alpha value is -2.54. The Morgan fingerprint density at radius 2 is 1.78 bits per heavy atom. The van der Waals surface area contributed by atoms with Crippen molar-refractivity contribution in [2.24, 2.45) is 5.73 Å². The number of methoxy groups -OCH3 is 1. The molecule has 2 heterocycles. The van der Waals surface area contributed by atoms with Gasteiger partial charge in [0.05, 0.1) is 12.7 Å². The summed E-state index contributed by atoms with van der Waals surface area (Å²) in [5.41, 5.74) is 8.69. The Morgan fingerprint density at radius 3 is 2.59 bits per heavy atom. The lowest BCUT2D eigenvalue weighted by Crippen LogP contribution is -1.98. The molecule has 4 aromatic rings. The second kappa shape index (κ2) is 8.43. The lowest BCUT2D eigenvalue weighted by molar-refractivity contribution is 0.416. The molecule has 0 aliphatic rings. The summed E-state index contributed by atoms with van der Waals surface area (Å²) in [7, 11) is 1.66. The third-order valence-corrected chi connectivity index (χ3v) is 5.24. The smallest absolute Gasteiger partial charge is 0.172 e. The first kappa shape index (κ1) is 19.2. The van der Waals surface area contributed by atoms with Gasteiger partial charge in [-0.05, 0) is 35.9 Å². The van der Waals surface area contributed by atoms with Gasteiger partial charge in [0.2, 0.25) is 0 Å². The third-order valence-electron chi connectivity index (χ3n) is 4.14. The fourth-order valence-electron chi connectivity index (χ4n) is 2.84. The van der Waals surface area contributed by atoms with Crippen molar-refractivity contribution >= 4 is 29.8 Å². The topological polar surface area (TPSA) is 65.4 Å². The lowest BCUT2D eigenvalue weighted by atomic mass is 10.2. The summed E-state index contributed by atoms with van der Waals surface area (Å²) in [6.45, 7) is 0.518. The van der Waals surface area contributed by atoms with Crippen LogP contribution in [0.1, 0.15) is 5.56 Å². The van der Waals surface area contributed by atoms with Gasteiger partial charge in [0, 0.05) is 22.5 Å². The highest BCUT2D eigenvalue weighted by Gasteiger charge is 2.13. The van der Waals surface area contributed by atoms with Gasteiger partial charge in [-0.2, -0.15) is 0 Å². The quantitative estimate of drug-likeness (QED) is 0.538. The average molecular weight is 399 g/mol. The fraction of sp³-hybridized carbons (Fsp3) is 0.100. The highest BCUT2D eigenvalue weighted by atomic mass is 35.5. The average Bonchev–Trinajstić information content (AvgIpc) is 3.11. The number of hydrogen-bond acceptors (Lipinski definition) is 5. The molecule has 0 radical (unpaired) electrons. The van der Waals surface area contributed by atoms with Crippen molar-refractivity contribution in [3.05, 3.63) is 72.4 Å². The number of rotatable bonds is 5. The van der Waals surface area contributed by atoms with Crippen LogP contribution in [0.4, 0.5) is 0 Å². The number of ether oxygens (including phenoxy) is 1. The van der Waals surface area contributed by atoms with E-state index in [0.29, 0.717) is 6.54 Å². The standard InChI is InChI=1S/C20H18N4OS.ClH/c1-25-17-8-4-3-7-16(17)20-23-22-19-11-10-15(13-24(19)20)26-18-9-5-2-6-14(18)12-21;/h2-11,13H,12,21H2,1H3;1H. The number of nitrogens with two attached hydrogens (primary N) is 1. The van der Waals surface area contributed by atoms with Gasteiger partial charge in [-0.1, -0.05) is 42.1 Å². The molecular weight excluding hydrogens is 380 g/mol. The van der Waals surface area contributed by atoms with Crippen molar-refractivity contribution in [1.82, 2.24) is 14.6 Å². The first-order chi connectivity index (χ1) is 12.8. The summed E-state index contributed by atoms with van der Waals surface area (Å²) in [5.74, 6) is 1.53. The van der Waals surface area contributed by atoms with Gasteiger partial charge in [-0.25, -0.2) is 0 Å². The van der Waals surface area contributed by atoms with Crippen LogP contribution in [-0.2, 0) is 6.54 Å². The maximum atomic E-state index is 5.86. The zero-order valence-electron chi connectivity index (χ0n) is 14.7. The molecule has 0 atom stereocenters. The molecule has 27 heavy (non-hydrogen) atoms. The van der Waals surface area contributed by atoms with E-state index >= 15 is 0 Å². The van der Waals surface area contributed by atoms with Crippen molar-refractivity contribution in [2.75, 3.05) is 7.11 Å². The van der Waals surface area contributed by atoms with E-state index in [4.69, 9.17) is 10.5 Å². The number of nitrogens with zero attached hydrogens (tertiary/aromatic N) is 3. The van der Waals surface area contributed by atoms with Gasteiger partial charge in [0.15, 0.2) is 11.5 Å². The zero-order chi connectivity index (χ0) is 17.9. The molecule has 5 nitrogen and oxygen atoms in total. The van der Waals surface area contributed by atoms with Crippen LogP contribution in [0.2, 0.25) is 0 Å². The van der Waals surface area contributed by atoms with Gasteiger partial charge in [0.25, 0.3) is 0 Å². The number of para-hydroxylation sites is 1. The molecule has 0 bridgehead atoms. The minimum absolute atomic E-state index is 0. The van der Waals surface area contributed by atoms with Crippen LogP contribution < -0.4 is 10.5 Å². The molecule has 2 N–H and O–H groups in total. The number of aromatic nitrogens is 3. The number of hydrogen-bond donors (Lipinski definition) is 1. The molecule has 0 spiro atoms. The predicted octanol–water partition coefficient (Wildman–Crippen LogP) is 4.44. The first-order valence-electron chi connectivity index (χ1n) is 8.24. The lowest BCUT2D eigenvalue weighted by Gasteiger charge is -2.09. The molecule has 0 aliphatic carbocycles. The molecular formula is C20H19ClN4OS. The molecule has 0 aliphatic heterocycles. The molecule has 2 aromatic heterocycles. The Kier molecular flexibility index (Phi) is 6.01. The summed E-state index contributed by atoms with van der Waals surface area (Å²) >= 11 is 1.68. The van der Waals surface area contributed by atoms with E-state index in [1.54, 1.807) is 18.9 Å². The predicted molar refractivity (Wildman–Crippen MR) is 111 cm³/mol. The number of pyridine rings is 1. The summed E-state index contributed by atoms with van der Waals surface area (Å²) < 4.78 is 7.47. The Morgan fingerprint density at radius 1 is 1.00 bits per heavy atom. The van der Waals surface area contributed by atoms with Crippen LogP contribution in [0, 0.1) is 0 Å². The van der Waals surface area contributed by atoms with E-state index in [9.17, 15) is 0 Å². The van der Waals surface area contributed by atoms with Gasteiger partial charge in [-0.15, -0.1) is 22.6 Å². The Balaban J connectivity index is 0.00000210. The molecule has 0 saturated carbocycles. The van der Waals surface area contributed by atoms with Crippen molar-refractivity contribution < 1.29 is 4.74 Å². The zero-order valence-corrected chi connectivity index (χ0v) is 16.3. The van der Waals surface area contributed by atoms with E-state index in [2.05, 4.69) is 28.5 Å². The normalized spacial score (nSPS) is 10.6. The fourth-order valence-corrected chi connectivity index (χ4v) is 3.82. The highest BCUT2D eigenvalue weighted by molar-refractivity contribution is 7.99. The minimum atomic E-state index is 0. The second-order valence-electron chi connectivity index (χ2n) is 5.73. The van der Waals surface area contributed by atoms with Crippen molar-refractivity contribution in [2.45, 2.75) is 16.3 Å². The van der Waals surface area contributed by atoms with E-state index < -0.39 is 0 Å². The SMILES string of the molecule is COc1ccccc1-c1nnc2ccc(Sc3ccccc3CN)cn12.Cl. The highest BCUT2D eigenvalue weighted by Crippen LogP contribution is 2.33. The maximum Gasteiger partial charge on any atom is 0.172 e. The summed E-state index contributed by atoms with van der Waals surface area (Å²) in [6.07, 6.45) is 2.05. The molecule has 2 aromatic carbocycles.